The van der Waals surface area contributed by atoms with Gasteiger partial charge in [0.25, 0.3) is 0 Å². The van der Waals surface area contributed by atoms with Crippen molar-refractivity contribution in [1.29, 1.82) is 0 Å². The molecule has 104 valence electrons. The van der Waals surface area contributed by atoms with E-state index in [1.54, 1.807) is 0 Å². The molecular formula is C13H25N3O2. The summed E-state index contributed by atoms with van der Waals surface area (Å²) < 4.78 is 4.87. The van der Waals surface area contributed by atoms with Crippen molar-refractivity contribution in [2.24, 2.45) is 0 Å². The lowest BCUT2D eigenvalue weighted by atomic mass is 10.2. The van der Waals surface area contributed by atoms with Crippen molar-refractivity contribution < 1.29 is 9.53 Å². The van der Waals surface area contributed by atoms with E-state index in [9.17, 15) is 4.79 Å². The maximum Gasteiger partial charge on any atom is 0.323 e. The van der Waals surface area contributed by atoms with Gasteiger partial charge in [0.05, 0.1) is 7.11 Å². The van der Waals surface area contributed by atoms with Gasteiger partial charge in [-0.3, -0.25) is 14.6 Å². The predicted molar refractivity (Wildman–Crippen MR) is 70.5 cm³/mol. The number of hydrogen-bond donors (Lipinski definition) is 0. The molecule has 0 aromatic heterocycles. The van der Waals surface area contributed by atoms with Crippen LogP contribution in [-0.2, 0) is 9.53 Å². The molecule has 0 saturated carbocycles. The van der Waals surface area contributed by atoms with Crippen LogP contribution in [0.25, 0.3) is 0 Å². The lowest BCUT2D eigenvalue weighted by molar-refractivity contribution is -0.145. The number of carbonyl (C=O) groups is 1. The number of methoxy groups -OCH3 is 1. The molecule has 0 aliphatic carbocycles. The molecule has 2 aliphatic rings. The molecule has 0 aromatic carbocycles. The van der Waals surface area contributed by atoms with Crippen molar-refractivity contribution in [3.8, 4) is 0 Å². The van der Waals surface area contributed by atoms with Crippen LogP contribution in [-0.4, -0.2) is 86.7 Å². The van der Waals surface area contributed by atoms with Crippen LogP contribution in [0.3, 0.4) is 0 Å². The summed E-state index contributed by atoms with van der Waals surface area (Å²) in [7, 11) is 3.66. The fraction of sp³-hybridized carbons (Fsp3) is 0.923. The second-order valence-corrected chi connectivity index (χ2v) is 5.36. The number of hydrogen-bond acceptors (Lipinski definition) is 5. The molecule has 0 spiro atoms. The Morgan fingerprint density at radius 1 is 1.17 bits per heavy atom. The number of esters is 1. The monoisotopic (exact) mass is 255 g/mol. The third-order valence-corrected chi connectivity index (χ3v) is 4.14. The maximum absolute atomic E-state index is 11.6. The Morgan fingerprint density at radius 3 is 2.56 bits per heavy atom. The van der Waals surface area contributed by atoms with Crippen LogP contribution in [0, 0.1) is 0 Å². The lowest BCUT2D eigenvalue weighted by Gasteiger charge is -2.34. The van der Waals surface area contributed by atoms with Crippen LogP contribution < -0.4 is 0 Å². The van der Waals surface area contributed by atoms with E-state index in [2.05, 4.69) is 21.7 Å². The minimum Gasteiger partial charge on any atom is -0.468 e. The predicted octanol–water partition coefficient (Wildman–Crippen LogP) is -0.129. The molecule has 2 heterocycles. The van der Waals surface area contributed by atoms with E-state index in [4.69, 9.17) is 4.74 Å². The van der Waals surface area contributed by atoms with Gasteiger partial charge in [-0.1, -0.05) is 0 Å². The summed E-state index contributed by atoms with van der Waals surface area (Å²) in [5.74, 6) is -0.0640. The topological polar surface area (TPSA) is 36.0 Å². The van der Waals surface area contributed by atoms with E-state index < -0.39 is 0 Å². The molecule has 0 bridgehead atoms. The summed E-state index contributed by atoms with van der Waals surface area (Å²) in [5.41, 5.74) is 0. The van der Waals surface area contributed by atoms with Gasteiger partial charge in [-0.05, 0) is 26.4 Å². The maximum atomic E-state index is 11.6. The number of likely N-dealkylation sites (N-methyl/N-ethyl adjacent to an activating group) is 1. The van der Waals surface area contributed by atoms with Crippen LogP contribution in [0.15, 0.2) is 0 Å². The Bertz CT molecular complexity index is 277. The van der Waals surface area contributed by atoms with Crippen LogP contribution in [0.5, 0.6) is 0 Å². The molecular weight excluding hydrogens is 230 g/mol. The summed E-state index contributed by atoms with van der Waals surface area (Å²) in [6.07, 6.45) is 2.07. The van der Waals surface area contributed by atoms with Gasteiger partial charge in [-0.15, -0.1) is 0 Å². The molecule has 0 amide bonds. The van der Waals surface area contributed by atoms with Gasteiger partial charge in [0.2, 0.25) is 0 Å². The third-order valence-electron chi connectivity index (χ3n) is 4.14. The average molecular weight is 255 g/mol. The van der Waals surface area contributed by atoms with Gasteiger partial charge < -0.3 is 9.64 Å². The van der Waals surface area contributed by atoms with Crippen LogP contribution in [0.1, 0.15) is 12.8 Å². The third kappa shape index (κ3) is 3.43. The number of ether oxygens (including phenoxy) is 1. The Balaban J connectivity index is 1.74. The van der Waals surface area contributed by atoms with Crippen molar-refractivity contribution in [3.63, 3.8) is 0 Å². The zero-order valence-electron chi connectivity index (χ0n) is 11.6. The van der Waals surface area contributed by atoms with Gasteiger partial charge in [-0.25, -0.2) is 0 Å². The lowest BCUT2D eigenvalue weighted by Crippen LogP contribution is -2.48. The summed E-state index contributed by atoms with van der Waals surface area (Å²) >= 11 is 0. The zero-order chi connectivity index (χ0) is 13.0. The molecule has 1 atom stereocenters. The Hall–Kier alpha value is -0.650. The van der Waals surface area contributed by atoms with Gasteiger partial charge >= 0.3 is 5.97 Å². The second kappa shape index (κ2) is 6.50. The first kappa shape index (κ1) is 13.8. The molecule has 2 aliphatic heterocycles. The molecule has 5 heteroatoms. The smallest absolute Gasteiger partial charge is 0.323 e. The molecule has 2 rings (SSSR count). The summed E-state index contributed by atoms with van der Waals surface area (Å²) in [6.45, 7) is 7.69. The highest BCUT2D eigenvalue weighted by Gasteiger charge is 2.31. The van der Waals surface area contributed by atoms with Gasteiger partial charge in [0, 0.05) is 39.3 Å². The second-order valence-electron chi connectivity index (χ2n) is 5.36. The fourth-order valence-electron chi connectivity index (χ4n) is 2.84. The number of rotatable bonds is 4. The molecule has 2 saturated heterocycles. The van der Waals surface area contributed by atoms with E-state index >= 15 is 0 Å². The number of carbonyl (C=O) groups excluding carboxylic acids is 1. The minimum atomic E-state index is -0.0640. The Labute approximate surface area is 110 Å². The average Bonchev–Trinajstić information content (AvgIpc) is 2.85. The minimum absolute atomic E-state index is 0.00228. The van der Waals surface area contributed by atoms with Gasteiger partial charge in [-0.2, -0.15) is 0 Å². The van der Waals surface area contributed by atoms with Gasteiger partial charge in [0.15, 0.2) is 0 Å². The van der Waals surface area contributed by atoms with Crippen molar-refractivity contribution in [1.82, 2.24) is 14.7 Å². The highest BCUT2D eigenvalue weighted by Crippen LogP contribution is 2.18. The normalized spacial score (nSPS) is 27.6. The summed E-state index contributed by atoms with van der Waals surface area (Å²) in [6, 6.07) is 0.00228. The van der Waals surface area contributed by atoms with E-state index in [0.717, 1.165) is 58.7 Å². The molecule has 5 nitrogen and oxygen atoms in total. The summed E-state index contributed by atoms with van der Waals surface area (Å²) in [4.78, 5) is 18.8. The Kier molecular flexibility index (Phi) is 4.97. The first-order valence-corrected chi connectivity index (χ1v) is 6.93. The molecule has 0 N–H and O–H groups in total. The Morgan fingerprint density at radius 2 is 1.89 bits per heavy atom. The number of piperazine rings is 1. The van der Waals surface area contributed by atoms with Crippen molar-refractivity contribution in [2.45, 2.75) is 18.9 Å². The van der Waals surface area contributed by atoms with E-state index in [0.29, 0.717) is 0 Å². The van der Waals surface area contributed by atoms with Crippen molar-refractivity contribution in [2.75, 3.05) is 60.0 Å². The first-order valence-electron chi connectivity index (χ1n) is 6.93. The van der Waals surface area contributed by atoms with Crippen molar-refractivity contribution >= 4 is 5.97 Å². The standard InChI is InChI=1S/C13H25N3O2/c1-14-6-8-15(9-7-14)10-11-16-5-3-4-12(16)13(17)18-2/h12H,3-11H2,1-2H3. The largest absolute Gasteiger partial charge is 0.468 e. The van der Waals surface area contributed by atoms with Crippen molar-refractivity contribution in [3.05, 3.63) is 0 Å². The number of nitrogens with zero attached hydrogens (tertiary/aromatic N) is 3. The number of likely N-dealkylation sites (tertiary alicyclic amines) is 1. The molecule has 1 unspecified atom stereocenters. The van der Waals surface area contributed by atoms with Crippen LogP contribution >= 0.6 is 0 Å². The highest BCUT2D eigenvalue weighted by molar-refractivity contribution is 5.75. The zero-order valence-corrected chi connectivity index (χ0v) is 11.6. The van der Waals surface area contributed by atoms with Crippen LogP contribution in [0.2, 0.25) is 0 Å². The van der Waals surface area contributed by atoms with Crippen LogP contribution in [0.4, 0.5) is 0 Å². The fourth-order valence-corrected chi connectivity index (χ4v) is 2.84. The van der Waals surface area contributed by atoms with Gasteiger partial charge in [0.1, 0.15) is 6.04 Å². The highest BCUT2D eigenvalue weighted by atomic mass is 16.5. The van der Waals surface area contributed by atoms with E-state index in [1.165, 1.54) is 7.11 Å². The molecule has 2 fully saturated rings. The molecule has 0 radical (unpaired) electrons. The first-order chi connectivity index (χ1) is 8.70. The van der Waals surface area contributed by atoms with E-state index in [-0.39, 0.29) is 12.0 Å². The SMILES string of the molecule is COC(=O)C1CCCN1CCN1CCN(C)CC1. The van der Waals surface area contributed by atoms with E-state index in [1.807, 2.05) is 0 Å². The molecule has 0 aromatic rings. The quantitative estimate of drug-likeness (QED) is 0.654. The summed E-state index contributed by atoms with van der Waals surface area (Å²) in [5, 5.41) is 0. The molecule has 18 heavy (non-hydrogen) atoms.